The predicted octanol–water partition coefficient (Wildman–Crippen LogP) is 3.44. The summed E-state index contributed by atoms with van der Waals surface area (Å²) in [5.74, 6) is 0.804. The molecule has 2 aromatic rings. The van der Waals surface area contributed by atoms with Crippen molar-refractivity contribution in [1.82, 2.24) is 4.98 Å². The summed E-state index contributed by atoms with van der Waals surface area (Å²) in [5, 5.41) is 0. The zero-order valence-electron chi connectivity index (χ0n) is 10.1. The Labute approximate surface area is 115 Å². The maximum absolute atomic E-state index is 5.94. The van der Waals surface area contributed by atoms with Gasteiger partial charge in [-0.2, -0.15) is 0 Å². The second-order valence-electron chi connectivity index (χ2n) is 4.08. The third-order valence-electron chi connectivity index (χ3n) is 2.56. The van der Waals surface area contributed by atoms with Gasteiger partial charge in [0.1, 0.15) is 12.4 Å². The number of benzene rings is 1. The zero-order valence-corrected chi connectivity index (χ0v) is 11.7. The summed E-state index contributed by atoms with van der Waals surface area (Å²) in [5.41, 5.74) is 7.82. The fourth-order valence-corrected chi connectivity index (χ4v) is 2.02. The van der Waals surface area contributed by atoms with Gasteiger partial charge in [-0.3, -0.25) is 4.98 Å². The van der Waals surface area contributed by atoms with Gasteiger partial charge in [0.15, 0.2) is 0 Å². The van der Waals surface area contributed by atoms with Gasteiger partial charge in [0.25, 0.3) is 0 Å². The van der Waals surface area contributed by atoms with Crippen LogP contribution in [0.2, 0.25) is 0 Å². The minimum atomic E-state index is -0.0683. The number of rotatable bonds is 4. The Morgan fingerprint density at radius 3 is 2.83 bits per heavy atom. The van der Waals surface area contributed by atoms with Gasteiger partial charge in [0.05, 0.1) is 5.69 Å². The lowest BCUT2D eigenvalue weighted by Crippen LogP contribution is -2.08. The van der Waals surface area contributed by atoms with E-state index >= 15 is 0 Å². The van der Waals surface area contributed by atoms with Crippen LogP contribution >= 0.6 is 15.9 Å². The molecule has 0 fully saturated rings. The lowest BCUT2D eigenvalue weighted by molar-refractivity contribution is 0.296. The van der Waals surface area contributed by atoms with E-state index in [0.29, 0.717) is 6.61 Å². The van der Waals surface area contributed by atoms with E-state index in [1.54, 1.807) is 6.20 Å². The Balaban J connectivity index is 2.14. The number of pyridine rings is 1. The molecule has 0 saturated carbocycles. The van der Waals surface area contributed by atoms with E-state index in [2.05, 4.69) is 20.9 Å². The van der Waals surface area contributed by atoms with E-state index in [-0.39, 0.29) is 6.04 Å². The molecule has 4 heteroatoms. The third kappa shape index (κ3) is 3.31. The third-order valence-corrected chi connectivity index (χ3v) is 3.06. The Bertz CT molecular complexity index is 514. The maximum atomic E-state index is 5.94. The molecule has 1 aromatic carbocycles. The monoisotopic (exact) mass is 306 g/mol. The fourth-order valence-electron chi connectivity index (χ4n) is 1.64. The molecule has 0 aliphatic heterocycles. The Morgan fingerprint density at radius 1 is 1.33 bits per heavy atom. The molecule has 3 nitrogen and oxygen atoms in total. The highest BCUT2D eigenvalue weighted by Gasteiger charge is 2.09. The molecule has 0 aliphatic rings. The van der Waals surface area contributed by atoms with Crippen LogP contribution in [-0.4, -0.2) is 4.98 Å². The average Bonchev–Trinajstić information content (AvgIpc) is 2.38. The van der Waals surface area contributed by atoms with Crippen LogP contribution in [0.5, 0.6) is 5.75 Å². The van der Waals surface area contributed by atoms with Crippen molar-refractivity contribution in [3.05, 3.63) is 58.3 Å². The number of nitrogens with zero attached hydrogens (tertiary/aromatic N) is 1. The molecule has 1 aromatic heterocycles. The SMILES string of the molecule is CC(N)c1cc(Br)ccc1OCc1ccccn1. The molecule has 2 rings (SSSR count). The Morgan fingerprint density at radius 2 is 2.17 bits per heavy atom. The molecule has 1 atom stereocenters. The van der Waals surface area contributed by atoms with Gasteiger partial charge in [0, 0.05) is 22.3 Å². The normalized spacial score (nSPS) is 12.2. The van der Waals surface area contributed by atoms with Crippen LogP contribution in [-0.2, 0) is 6.61 Å². The van der Waals surface area contributed by atoms with Gasteiger partial charge in [0.2, 0.25) is 0 Å². The number of aromatic nitrogens is 1. The maximum Gasteiger partial charge on any atom is 0.130 e. The van der Waals surface area contributed by atoms with Crippen LogP contribution in [0.3, 0.4) is 0 Å². The van der Waals surface area contributed by atoms with Gasteiger partial charge in [-0.25, -0.2) is 0 Å². The summed E-state index contributed by atoms with van der Waals surface area (Å²) < 4.78 is 6.78. The van der Waals surface area contributed by atoms with Gasteiger partial charge >= 0.3 is 0 Å². The van der Waals surface area contributed by atoms with Crippen molar-refractivity contribution in [2.24, 2.45) is 5.73 Å². The summed E-state index contributed by atoms with van der Waals surface area (Å²) in [6.07, 6.45) is 1.76. The van der Waals surface area contributed by atoms with Crippen molar-refractivity contribution in [1.29, 1.82) is 0 Å². The van der Waals surface area contributed by atoms with Gasteiger partial charge < -0.3 is 10.5 Å². The molecule has 0 bridgehead atoms. The lowest BCUT2D eigenvalue weighted by Gasteiger charge is -2.14. The molecular weight excluding hydrogens is 292 g/mol. The van der Waals surface area contributed by atoms with E-state index in [9.17, 15) is 0 Å². The Hall–Kier alpha value is -1.39. The fraction of sp³-hybridized carbons (Fsp3) is 0.214. The zero-order chi connectivity index (χ0) is 13.0. The van der Waals surface area contributed by atoms with E-state index in [4.69, 9.17) is 10.5 Å². The first-order valence-corrected chi connectivity index (χ1v) is 6.54. The summed E-state index contributed by atoms with van der Waals surface area (Å²) >= 11 is 3.44. The molecule has 0 spiro atoms. The molecule has 0 radical (unpaired) electrons. The second kappa shape index (κ2) is 5.98. The van der Waals surface area contributed by atoms with Crippen molar-refractivity contribution in [2.45, 2.75) is 19.6 Å². The van der Waals surface area contributed by atoms with Crippen molar-refractivity contribution in [3.8, 4) is 5.75 Å². The summed E-state index contributed by atoms with van der Waals surface area (Å²) in [6.45, 7) is 2.39. The topological polar surface area (TPSA) is 48.1 Å². The summed E-state index contributed by atoms with van der Waals surface area (Å²) in [7, 11) is 0. The molecule has 1 heterocycles. The first-order valence-electron chi connectivity index (χ1n) is 5.74. The minimum absolute atomic E-state index is 0.0683. The molecule has 94 valence electrons. The summed E-state index contributed by atoms with van der Waals surface area (Å²) in [6, 6.07) is 11.5. The van der Waals surface area contributed by atoms with Crippen molar-refractivity contribution in [2.75, 3.05) is 0 Å². The molecule has 18 heavy (non-hydrogen) atoms. The van der Waals surface area contributed by atoms with Crippen LogP contribution < -0.4 is 10.5 Å². The van der Waals surface area contributed by atoms with Crippen molar-refractivity contribution < 1.29 is 4.74 Å². The Kier molecular flexibility index (Phi) is 4.33. The van der Waals surface area contributed by atoms with Crippen LogP contribution in [0.4, 0.5) is 0 Å². The average molecular weight is 307 g/mol. The van der Waals surface area contributed by atoms with Gasteiger partial charge in [-0.05, 0) is 37.3 Å². The lowest BCUT2D eigenvalue weighted by atomic mass is 10.1. The smallest absolute Gasteiger partial charge is 0.130 e. The predicted molar refractivity (Wildman–Crippen MR) is 75.3 cm³/mol. The van der Waals surface area contributed by atoms with Crippen molar-refractivity contribution >= 4 is 15.9 Å². The minimum Gasteiger partial charge on any atom is -0.487 e. The number of hydrogen-bond acceptors (Lipinski definition) is 3. The quantitative estimate of drug-likeness (QED) is 0.941. The largest absolute Gasteiger partial charge is 0.487 e. The van der Waals surface area contributed by atoms with Crippen LogP contribution in [0.1, 0.15) is 24.2 Å². The van der Waals surface area contributed by atoms with E-state index in [1.165, 1.54) is 0 Å². The van der Waals surface area contributed by atoms with Crippen LogP contribution in [0, 0.1) is 0 Å². The van der Waals surface area contributed by atoms with Gasteiger partial charge in [-0.15, -0.1) is 0 Å². The number of ether oxygens (including phenoxy) is 1. The molecule has 1 unspecified atom stereocenters. The van der Waals surface area contributed by atoms with Gasteiger partial charge in [-0.1, -0.05) is 22.0 Å². The first-order chi connectivity index (χ1) is 8.66. The van der Waals surface area contributed by atoms with E-state index in [1.807, 2.05) is 43.3 Å². The number of hydrogen-bond donors (Lipinski definition) is 1. The molecular formula is C14H15BrN2O. The standard InChI is InChI=1S/C14H15BrN2O/c1-10(16)13-8-11(15)5-6-14(13)18-9-12-4-2-3-7-17-12/h2-8,10H,9,16H2,1H3. The highest BCUT2D eigenvalue weighted by molar-refractivity contribution is 9.10. The molecule has 2 N–H and O–H groups in total. The van der Waals surface area contributed by atoms with Crippen LogP contribution in [0.25, 0.3) is 0 Å². The number of nitrogens with two attached hydrogens (primary N) is 1. The summed E-state index contributed by atoms with van der Waals surface area (Å²) in [4.78, 5) is 4.22. The highest BCUT2D eigenvalue weighted by Crippen LogP contribution is 2.27. The molecule has 0 saturated heterocycles. The second-order valence-corrected chi connectivity index (χ2v) is 5.00. The van der Waals surface area contributed by atoms with Crippen molar-refractivity contribution in [3.63, 3.8) is 0 Å². The van der Waals surface area contributed by atoms with E-state index < -0.39 is 0 Å². The van der Waals surface area contributed by atoms with Crippen LogP contribution in [0.15, 0.2) is 47.1 Å². The molecule has 0 aliphatic carbocycles. The highest BCUT2D eigenvalue weighted by atomic mass is 79.9. The first kappa shape index (κ1) is 13.1. The molecule has 0 amide bonds. The number of halogens is 1. The van der Waals surface area contributed by atoms with E-state index in [0.717, 1.165) is 21.5 Å².